The Balaban J connectivity index is 2.16. The molecule has 1 aromatic rings. The van der Waals surface area contributed by atoms with Crippen LogP contribution in [0.4, 0.5) is 15.8 Å². The van der Waals surface area contributed by atoms with Crippen molar-refractivity contribution in [2.75, 3.05) is 23.7 Å². The number of nitrogens with zero attached hydrogens (tertiary/aromatic N) is 1. The first kappa shape index (κ1) is 12.7. The second-order valence-electron chi connectivity index (χ2n) is 4.71. The van der Waals surface area contributed by atoms with Crippen LogP contribution in [0.15, 0.2) is 16.6 Å². The zero-order valence-electron chi connectivity index (χ0n) is 10.0. The van der Waals surface area contributed by atoms with Gasteiger partial charge in [0, 0.05) is 19.2 Å². The molecule has 1 aliphatic heterocycles. The van der Waals surface area contributed by atoms with Crippen LogP contribution in [0.25, 0.3) is 0 Å². The predicted octanol–water partition coefficient (Wildman–Crippen LogP) is 3.80. The van der Waals surface area contributed by atoms with Gasteiger partial charge < -0.3 is 10.6 Å². The lowest BCUT2D eigenvalue weighted by Gasteiger charge is -2.21. The standard InChI is InChI=1S/C13H18BrFN2/c1-2-3-9-4-5-17(8-9)13-7-11(15)10(14)6-12(13)16/h6-7,9H,2-5,8,16H2,1H3. The van der Waals surface area contributed by atoms with Crippen LogP contribution in [0.5, 0.6) is 0 Å². The van der Waals surface area contributed by atoms with Gasteiger partial charge in [-0.05, 0) is 40.8 Å². The maximum Gasteiger partial charge on any atom is 0.139 e. The molecule has 1 aliphatic rings. The lowest BCUT2D eigenvalue weighted by Crippen LogP contribution is -2.21. The fourth-order valence-corrected chi connectivity index (χ4v) is 2.88. The molecule has 1 heterocycles. The molecule has 0 saturated carbocycles. The zero-order valence-corrected chi connectivity index (χ0v) is 11.6. The summed E-state index contributed by atoms with van der Waals surface area (Å²) in [4.78, 5) is 2.20. The molecule has 17 heavy (non-hydrogen) atoms. The molecule has 2 N–H and O–H groups in total. The molecule has 1 saturated heterocycles. The molecule has 1 aromatic carbocycles. The van der Waals surface area contributed by atoms with E-state index in [1.54, 1.807) is 6.07 Å². The number of halogens is 2. The Morgan fingerprint density at radius 2 is 2.29 bits per heavy atom. The van der Waals surface area contributed by atoms with E-state index in [1.807, 2.05) is 0 Å². The van der Waals surface area contributed by atoms with E-state index < -0.39 is 0 Å². The van der Waals surface area contributed by atoms with Crippen molar-refractivity contribution in [2.45, 2.75) is 26.2 Å². The molecule has 4 heteroatoms. The molecule has 0 aliphatic carbocycles. The molecular formula is C13H18BrFN2. The smallest absolute Gasteiger partial charge is 0.139 e. The first-order chi connectivity index (χ1) is 8.11. The Labute approximate surface area is 110 Å². The first-order valence-electron chi connectivity index (χ1n) is 6.11. The van der Waals surface area contributed by atoms with Crippen molar-refractivity contribution in [3.05, 3.63) is 22.4 Å². The average molecular weight is 301 g/mol. The Bertz CT molecular complexity index is 409. The lowest BCUT2D eigenvalue weighted by atomic mass is 10.0. The van der Waals surface area contributed by atoms with E-state index in [2.05, 4.69) is 27.8 Å². The summed E-state index contributed by atoms with van der Waals surface area (Å²) in [5.41, 5.74) is 7.44. The van der Waals surface area contributed by atoms with Crippen LogP contribution in [-0.4, -0.2) is 13.1 Å². The molecule has 1 atom stereocenters. The van der Waals surface area contributed by atoms with Gasteiger partial charge in [0.1, 0.15) is 5.82 Å². The summed E-state index contributed by atoms with van der Waals surface area (Å²) in [7, 11) is 0. The molecule has 1 unspecified atom stereocenters. The SMILES string of the molecule is CCCC1CCN(c2cc(F)c(Br)cc2N)C1. The monoisotopic (exact) mass is 300 g/mol. The van der Waals surface area contributed by atoms with Crippen LogP contribution in [0.1, 0.15) is 26.2 Å². The summed E-state index contributed by atoms with van der Waals surface area (Å²) in [5.74, 6) is 0.485. The van der Waals surface area contributed by atoms with E-state index in [9.17, 15) is 4.39 Å². The quantitative estimate of drug-likeness (QED) is 0.861. The van der Waals surface area contributed by atoms with E-state index in [0.29, 0.717) is 10.2 Å². The van der Waals surface area contributed by atoms with Gasteiger partial charge in [-0.2, -0.15) is 0 Å². The Morgan fingerprint density at radius 3 is 3.00 bits per heavy atom. The van der Waals surface area contributed by atoms with E-state index >= 15 is 0 Å². The van der Waals surface area contributed by atoms with E-state index in [-0.39, 0.29) is 5.82 Å². The summed E-state index contributed by atoms with van der Waals surface area (Å²) < 4.78 is 14.0. The van der Waals surface area contributed by atoms with Crippen molar-refractivity contribution in [3.63, 3.8) is 0 Å². The third-order valence-corrected chi connectivity index (χ3v) is 4.00. The van der Waals surface area contributed by atoms with Gasteiger partial charge in [0.25, 0.3) is 0 Å². The Morgan fingerprint density at radius 1 is 1.53 bits per heavy atom. The van der Waals surface area contributed by atoms with Crippen molar-refractivity contribution >= 4 is 27.3 Å². The van der Waals surface area contributed by atoms with Crippen LogP contribution in [0.2, 0.25) is 0 Å². The molecule has 0 radical (unpaired) electrons. The van der Waals surface area contributed by atoms with Gasteiger partial charge in [-0.1, -0.05) is 13.3 Å². The molecule has 94 valence electrons. The normalized spacial score (nSPS) is 19.9. The van der Waals surface area contributed by atoms with Crippen LogP contribution >= 0.6 is 15.9 Å². The van der Waals surface area contributed by atoms with Crippen LogP contribution in [0.3, 0.4) is 0 Å². The summed E-state index contributed by atoms with van der Waals surface area (Å²) in [5, 5.41) is 0. The van der Waals surface area contributed by atoms with E-state index in [1.165, 1.54) is 25.3 Å². The lowest BCUT2D eigenvalue weighted by molar-refractivity contribution is 0.529. The fourth-order valence-electron chi connectivity index (χ4n) is 2.52. The molecule has 0 spiro atoms. The highest BCUT2D eigenvalue weighted by molar-refractivity contribution is 9.10. The predicted molar refractivity (Wildman–Crippen MR) is 73.7 cm³/mol. The molecule has 0 bridgehead atoms. The van der Waals surface area contributed by atoms with Crippen molar-refractivity contribution < 1.29 is 4.39 Å². The van der Waals surface area contributed by atoms with Gasteiger partial charge in [0.05, 0.1) is 15.8 Å². The van der Waals surface area contributed by atoms with Crippen LogP contribution < -0.4 is 10.6 Å². The van der Waals surface area contributed by atoms with Crippen molar-refractivity contribution in [2.24, 2.45) is 5.92 Å². The highest BCUT2D eigenvalue weighted by Gasteiger charge is 2.23. The second kappa shape index (κ2) is 5.25. The third-order valence-electron chi connectivity index (χ3n) is 3.39. The number of anilines is 2. The van der Waals surface area contributed by atoms with Gasteiger partial charge >= 0.3 is 0 Å². The van der Waals surface area contributed by atoms with Gasteiger partial charge in [0.15, 0.2) is 0 Å². The minimum atomic E-state index is -0.242. The number of hydrogen-bond acceptors (Lipinski definition) is 2. The molecule has 2 nitrogen and oxygen atoms in total. The molecular weight excluding hydrogens is 283 g/mol. The Kier molecular flexibility index (Phi) is 3.92. The topological polar surface area (TPSA) is 29.3 Å². The largest absolute Gasteiger partial charge is 0.397 e. The summed E-state index contributed by atoms with van der Waals surface area (Å²) in [6.07, 6.45) is 3.64. The number of hydrogen-bond donors (Lipinski definition) is 1. The fraction of sp³-hybridized carbons (Fsp3) is 0.538. The number of nitrogen functional groups attached to an aromatic ring is 1. The van der Waals surface area contributed by atoms with Gasteiger partial charge in [-0.25, -0.2) is 4.39 Å². The molecule has 2 rings (SSSR count). The maximum atomic E-state index is 13.5. The second-order valence-corrected chi connectivity index (χ2v) is 5.57. The summed E-state index contributed by atoms with van der Waals surface area (Å²) >= 11 is 3.15. The van der Waals surface area contributed by atoms with Crippen molar-refractivity contribution in [1.29, 1.82) is 0 Å². The van der Waals surface area contributed by atoms with Crippen LogP contribution in [0, 0.1) is 11.7 Å². The van der Waals surface area contributed by atoms with Crippen molar-refractivity contribution in [3.8, 4) is 0 Å². The maximum absolute atomic E-state index is 13.5. The number of nitrogens with two attached hydrogens (primary N) is 1. The third kappa shape index (κ3) is 2.73. The average Bonchev–Trinajstić information content (AvgIpc) is 2.72. The van der Waals surface area contributed by atoms with E-state index in [0.717, 1.165) is 24.7 Å². The van der Waals surface area contributed by atoms with Gasteiger partial charge in [0.2, 0.25) is 0 Å². The molecule has 0 amide bonds. The van der Waals surface area contributed by atoms with Crippen LogP contribution in [-0.2, 0) is 0 Å². The van der Waals surface area contributed by atoms with Gasteiger partial charge in [-0.3, -0.25) is 0 Å². The summed E-state index contributed by atoms with van der Waals surface area (Å²) in [6, 6.07) is 3.19. The molecule has 1 fully saturated rings. The highest BCUT2D eigenvalue weighted by atomic mass is 79.9. The van der Waals surface area contributed by atoms with E-state index in [4.69, 9.17) is 5.73 Å². The molecule has 0 aromatic heterocycles. The minimum Gasteiger partial charge on any atom is -0.397 e. The summed E-state index contributed by atoms with van der Waals surface area (Å²) in [6.45, 7) is 4.19. The minimum absolute atomic E-state index is 0.242. The first-order valence-corrected chi connectivity index (χ1v) is 6.90. The number of rotatable bonds is 3. The zero-order chi connectivity index (χ0) is 12.4. The Hall–Kier alpha value is -0.770. The number of benzene rings is 1. The highest BCUT2D eigenvalue weighted by Crippen LogP contribution is 2.33. The van der Waals surface area contributed by atoms with Gasteiger partial charge in [-0.15, -0.1) is 0 Å². The van der Waals surface area contributed by atoms with Crippen molar-refractivity contribution in [1.82, 2.24) is 0 Å².